The maximum absolute atomic E-state index is 3.59. The molecule has 20 heavy (non-hydrogen) atoms. The molecule has 2 rings (SSSR count). The summed E-state index contributed by atoms with van der Waals surface area (Å²) in [5.74, 6) is 0. The van der Waals surface area contributed by atoms with Crippen LogP contribution < -0.4 is 10.6 Å². The van der Waals surface area contributed by atoms with Crippen molar-refractivity contribution in [3.63, 3.8) is 0 Å². The first-order valence-corrected chi connectivity index (χ1v) is 8.01. The molecule has 1 aromatic rings. The van der Waals surface area contributed by atoms with E-state index >= 15 is 0 Å². The summed E-state index contributed by atoms with van der Waals surface area (Å²) in [4.78, 5) is 2.40. The number of piperidine rings is 1. The van der Waals surface area contributed by atoms with Gasteiger partial charge in [0, 0.05) is 19.1 Å². The average molecular weight is 275 g/mol. The van der Waals surface area contributed by atoms with E-state index in [1.54, 1.807) is 0 Å². The maximum Gasteiger partial charge on any atom is 0.0230 e. The predicted octanol–water partition coefficient (Wildman–Crippen LogP) is 2.24. The molecule has 1 unspecified atom stereocenters. The Morgan fingerprint density at radius 2 is 2.10 bits per heavy atom. The Morgan fingerprint density at radius 1 is 1.25 bits per heavy atom. The van der Waals surface area contributed by atoms with E-state index in [2.05, 4.69) is 52.9 Å². The molecule has 1 fully saturated rings. The minimum atomic E-state index is 0.700. The van der Waals surface area contributed by atoms with Gasteiger partial charge < -0.3 is 15.5 Å². The molecule has 112 valence electrons. The minimum absolute atomic E-state index is 0.700. The smallest absolute Gasteiger partial charge is 0.0230 e. The summed E-state index contributed by atoms with van der Waals surface area (Å²) in [5.41, 5.74) is 1.40. The van der Waals surface area contributed by atoms with E-state index in [9.17, 15) is 0 Å². The van der Waals surface area contributed by atoms with Crippen molar-refractivity contribution in [2.45, 2.75) is 38.3 Å². The lowest BCUT2D eigenvalue weighted by atomic mass is 10.1. The summed E-state index contributed by atoms with van der Waals surface area (Å²) in [5, 5.41) is 7.16. The Morgan fingerprint density at radius 3 is 2.85 bits per heavy atom. The van der Waals surface area contributed by atoms with E-state index in [1.165, 1.54) is 37.8 Å². The first kappa shape index (κ1) is 15.5. The average Bonchev–Trinajstić information content (AvgIpc) is 2.49. The van der Waals surface area contributed by atoms with Crippen molar-refractivity contribution in [3.05, 3.63) is 35.9 Å². The SMILES string of the molecule is CN(CCCNCC1CCCCN1)Cc1ccccc1. The van der Waals surface area contributed by atoms with Crippen LogP contribution >= 0.6 is 0 Å². The molecule has 3 heteroatoms. The van der Waals surface area contributed by atoms with Gasteiger partial charge in [0.2, 0.25) is 0 Å². The molecule has 0 radical (unpaired) electrons. The van der Waals surface area contributed by atoms with Crippen molar-refractivity contribution in [1.29, 1.82) is 0 Å². The van der Waals surface area contributed by atoms with E-state index in [-0.39, 0.29) is 0 Å². The van der Waals surface area contributed by atoms with Crippen molar-refractivity contribution < 1.29 is 0 Å². The Hall–Kier alpha value is -0.900. The quantitative estimate of drug-likeness (QED) is 0.713. The molecule has 1 aliphatic heterocycles. The fraction of sp³-hybridized carbons (Fsp3) is 0.647. The van der Waals surface area contributed by atoms with Crippen LogP contribution in [-0.2, 0) is 6.54 Å². The van der Waals surface area contributed by atoms with Gasteiger partial charge in [-0.05, 0) is 51.5 Å². The Bertz CT molecular complexity index is 347. The number of rotatable bonds is 8. The highest BCUT2D eigenvalue weighted by molar-refractivity contribution is 5.14. The standard InChI is InChI=1S/C17H29N3/c1-20(15-16-8-3-2-4-9-16)13-7-11-18-14-17-10-5-6-12-19-17/h2-4,8-9,17-19H,5-7,10-15H2,1H3. The van der Waals surface area contributed by atoms with Gasteiger partial charge >= 0.3 is 0 Å². The predicted molar refractivity (Wildman–Crippen MR) is 85.9 cm³/mol. The van der Waals surface area contributed by atoms with Crippen molar-refractivity contribution in [2.75, 3.05) is 33.2 Å². The molecule has 0 amide bonds. The monoisotopic (exact) mass is 275 g/mol. The van der Waals surface area contributed by atoms with E-state index in [0.29, 0.717) is 6.04 Å². The minimum Gasteiger partial charge on any atom is -0.315 e. The Labute approximate surface area is 123 Å². The molecule has 3 nitrogen and oxygen atoms in total. The van der Waals surface area contributed by atoms with Gasteiger partial charge in [0.05, 0.1) is 0 Å². The summed E-state index contributed by atoms with van der Waals surface area (Å²) in [7, 11) is 2.20. The van der Waals surface area contributed by atoms with Gasteiger partial charge in [-0.15, -0.1) is 0 Å². The molecule has 1 atom stereocenters. The first-order chi connectivity index (χ1) is 9.84. The van der Waals surface area contributed by atoms with Crippen molar-refractivity contribution in [3.8, 4) is 0 Å². The lowest BCUT2D eigenvalue weighted by Crippen LogP contribution is -2.42. The third-order valence-corrected chi connectivity index (χ3v) is 3.99. The van der Waals surface area contributed by atoms with Crippen molar-refractivity contribution in [2.24, 2.45) is 0 Å². The van der Waals surface area contributed by atoms with Crippen LogP contribution in [0.5, 0.6) is 0 Å². The molecular formula is C17H29N3. The van der Waals surface area contributed by atoms with Gasteiger partial charge in [-0.2, -0.15) is 0 Å². The summed E-state index contributed by atoms with van der Waals surface area (Å²) >= 11 is 0. The fourth-order valence-electron chi connectivity index (χ4n) is 2.82. The molecule has 1 heterocycles. The highest BCUT2D eigenvalue weighted by Gasteiger charge is 2.11. The van der Waals surface area contributed by atoms with Crippen LogP contribution in [0.25, 0.3) is 0 Å². The third kappa shape index (κ3) is 6.04. The molecule has 1 saturated heterocycles. The van der Waals surface area contributed by atoms with Crippen LogP contribution in [0, 0.1) is 0 Å². The van der Waals surface area contributed by atoms with Crippen molar-refractivity contribution >= 4 is 0 Å². The highest BCUT2D eigenvalue weighted by atomic mass is 15.1. The summed E-state index contributed by atoms with van der Waals surface area (Å²) in [6, 6.07) is 11.4. The number of hydrogen-bond donors (Lipinski definition) is 2. The van der Waals surface area contributed by atoms with Gasteiger partial charge in [-0.3, -0.25) is 0 Å². The Balaban J connectivity index is 1.50. The summed E-state index contributed by atoms with van der Waals surface area (Å²) < 4.78 is 0. The van der Waals surface area contributed by atoms with E-state index in [0.717, 1.165) is 26.2 Å². The molecule has 0 saturated carbocycles. The summed E-state index contributed by atoms with van der Waals surface area (Å²) in [6.07, 6.45) is 5.29. The normalized spacial score (nSPS) is 19.4. The molecule has 1 aromatic carbocycles. The molecule has 0 aromatic heterocycles. The zero-order valence-electron chi connectivity index (χ0n) is 12.8. The summed E-state index contributed by atoms with van der Waals surface area (Å²) in [6.45, 7) is 5.65. The number of hydrogen-bond acceptors (Lipinski definition) is 3. The second kappa shape index (κ2) is 9.11. The maximum atomic E-state index is 3.59. The van der Waals surface area contributed by atoms with Crippen LogP contribution in [0.3, 0.4) is 0 Å². The van der Waals surface area contributed by atoms with Crippen LogP contribution in [-0.4, -0.2) is 44.2 Å². The molecule has 0 spiro atoms. The molecule has 0 bridgehead atoms. The van der Waals surface area contributed by atoms with E-state index < -0.39 is 0 Å². The van der Waals surface area contributed by atoms with Crippen LogP contribution in [0.15, 0.2) is 30.3 Å². The van der Waals surface area contributed by atoms with E-state index in [1.807, 2.05) is 0 Å². The van der Waals surface area contributed by atoms with Gasteiger partial charge in [0.25, 0.3) is 0 Å². The number of nitrogens with zero attached hydrogens (tertiary/aromatic N) is 1. The van der Waals surface area contributed by atoms with Crippen molar-refractivity contribution in [1.82, 2.24) is 15.5 Å². The Kier molecular flexibility index (Phi) is 7.06. The highest BCUT2D eigenvalue weighted by Crippen LogP contribution is 2.06. The largest absolute Gasteiger partial charge is 0.315 e. The zero-order valence-corrected chi connectivity index (χ0v) is 12.8. The van der Waals surface area contributed by atoms with Crippen LogP contribution in [0.4, 0.5) is 0 Å². The van der Waals surface area contributed by atoms with Gasteiger partial charge in [0.1, 0.15) is 0 Å². The molecule has 0 aliphatic carbocycles. The first-order valence-electron chi connectivity index (χ1n) is 8.01. The van der Waals surface area contributed by atoms with E-state index in [4.69, 9.17) is 0 Å². The molecular weight excluding hydrogens is 246 g/mol. The second-order valence-corrected chi connectivity index (χ2v) is 5.93. The number of benzene rings is 1. The zero-order chi connectivity index (χ0) is 14.0. The number of nitrogens with one attached hydrogen (secondary N) is 2. The third-order valence-electron chi connectivity index (χ3n) is 3.99. The lowest BCUT2D eigenvalue weighted by Gasteiger charge is -2.24. The van der Waals surface area contributed by atoms with Gasteiger partial charge in [-0.25, -0.2) is 0 Å². The molecule has 2 N–H and O–H groups in total. The fourth-order valence-corrected chi connectivity index (χ4v) is 2.82. The van der Waals surface area contributed by atoms with Gasteiger partial charge in [0.15, 0.2) is 0 Å². The molecule has 1 aliphatic rings. The second-order valence-electron chi connectivity index (χ2n) is 5.93. The van der Waals surface area contributed by atoms with Crippen LogP contribution in [0.1, 0.15) is 31.2 Å². The lowest BCUT2D eigenvalue weighted by molar-refractivity contribution is 0.316. The topological polar surface area (TPSA) is 27.3 Å². The van der Waals surface area contributed by atoms with Gasteiger partial charge in [-0.1, -0.05) is 36.8 Å². The van der Waals surface area contributed by atoms with Crippen LogP contribution in [0.2, 0.25) is 0 Å².